The summed E-state index contributed by atoms with van der Waals surface area (Å²) >= 11 is 0. The lowest BCUT2D eigenvalue weighted by Crippen LogP contribution is -2.31. The van der Waals surface area contributed by atoms with E-state index in [2.05, 4.69) is 20.8 Å². The highest BCUT2D eigenvalue weighted by molar-refractivity contribution is 4.86. The van der Waals surface area contributed by atoms with E-state index in [4.69, 9.17) is 0 Å². The molecule has 0 heterocycles. The van der Waals surface area contributed by atoms with Crippen molar-refractivity contribution in [2.45, 2.75) is 67.7 Å². The second-order valence-corrected chi connectivity index (χ2v) is 3.68. The SMILES string of the molecule is CC.CC.CCC1(C)CC(C)C1. The van der Waals surface area contributed by atoms with Gasteiger partial charge in [-0.05, 0) is 24.2 Å². The van der Waals surface area contributed by atoms with Crippen LogP contribution in [0.2, 0.25) is 0 Å². The maximum Gasteiger partial charge on any atom is -0.0323 e. The summed E-state index contributed by atoms with van der Waals surface area (Å²) in [5.41, 5.74) is 0.736. The summed E-state index contributed by atoms with van der Waals surface area (Å²) in [5.74, 6) is 1.01. The van der Waals surface area contributed by atoms with Crippen LogP contribution in [0.1, 0.15) is 67.7 Å². The van der Waals surface area contributed by atoms with Crippen molar-refractivity contribution in [2.75, 3.05) is 0 Å². The lowest BCUT2D eigenvalue weighted by atomic mass is 9.63. The molecule has 1 saturated carbocycles. The molecule has 0 radical (unpaired) electrons. The van der Waals surface area contributed by atoms with Gasteiger partial charge in [0.1, 0.15) is 0 Å². The Labute approximate surface area is 79.8 Å². The molecular weight excluding hydrogens is 144 g/mol. The normalized spacial score (nSPS) is 31.8. The summed E-state index contributed by atoms with van der Waals surface area (Å²) in [7, 11) is 0. The highest BCUT2D eigenvalue weighted by Crippen LogP contribution is 2.47. The maximum atomic E-state index is 2.40. The van der Waals surface area contributed by atoms with Gasteiger partial charge in [0.25, 0.3) is 0 Å². The summed E-state index contributed by atoms with van der Waals surface area (Å²) in [6.45, 7) is 15.0. The fraction of sp³-hybridized carbons (Fsp3) is 1.00. The van der Waals surface area contributed by atoms with Crippen molar-refractivity contribution in [3.63, 3.8) is 0 Å². The fourth-order valence-electron chi connectivity index (χ4n) is 1.91. The third-order valence-electron chi connectivity index (χ3n) is 2.54. The van der Waals surface area contributed by atoms with Crippen LogP contribution in [0.5, 0.6) is 0 Å². The van der Waals surface area contributed by atoms with E-state index < -0.39 is 0 Å². The van der Waals surface area contributed by atoms with Crippen molar-refractivity contribution in [1.29, 1.82) is 0 Å². The van der Waals surface area contributed by atoms with Gasteiger partial charge in [-0.1, -0.05) is 54.9 Å². The molecule has 0 N–H and O–H groups in total. The van der Waals surface area contributed by atoms with E-state index in [0.717, 1.165) is 11.3 Å². The number of hydrogen-bond donors (Lipinski definition) is 0. The first-order chi connectivity index (χ1) is 5.66. The lowest BCUT2D eigenvalue weighted by molar-refractivity contribution is 0.0836. The molecule has 0 aromatic heterocycles. The molecule has 0 saturated heterocycles. The minimum atomic E-state index is 0.736. The highest BCUT2D eigenvalue weighted by atomic mass is 14.4. The van der Waals surface area contributed by atoms with Crippen LogP contribution in [-0.2, 0) is 0 Å². The first-order valence-electron chi connectivity index (χ1n) is 5.66. The van der Waals surface area contributed by atoms with E-state index >= 15 is 0 Å². The van der Waals surface area contributed by atoms with Gasteiger partial charge in [-0.3, -0.25) is 0 Å². The smallest absolute Gasteiger partial charge is 0.0323 e. The van der Waals surface area contributed by atoms with E-state index in [9.17, 15) is 0 Å². The zero-order valence-electron chi connectivity index (χ0n) is 10.2. The predicted octanol–water partition coefficient (Wildman–Crippen LogP) is 4.89. The maximum absolute atomic E-state index is 2.40. The molecule has 12 heavy (non-hydrogen) atoms. The van der Waals surface area contributed by atoms with E-state index in [1.807, 2.05) is 27.7 Å². The molecule has 0 nitrogen and oxygen atoms in total. The summed E-state index contributed by atoms with van der Waals surface area (Å²) in [5, 5.41) is 0. The van der Waals surface area contributed by atoms with Crippen LogP contribution >= 0.6 is 0 Å². The van der Waals surface area contributed by atoms with Crippen molar-refractivity contribution in [3.05, 3.63) is 0 Å². The van der Waals surface area contributed by atoms with Gasteiger partial charge in [-0.15, -0.1) is 0 Å². The van der Waals surface area contributed by atoms with Crippen molar-refractivity contribution < 1.29 is 0 Å². The topological polar surface area (TPSA) is 0 Å². The lowest BCUT2D eigenvalue weighted by Gasteiger charge is -2.43. The van der Waals surface area contributed by atoms with Crippen LogP contribution in [0.15, 0.2) is 0 Å². The molecule has 0 bridgehead atoms. The average Bonchev–Trinajstić information content (AvgIpc) is 2.09. The Balaban J connectivity index is 0. The Morgan fingerprint density at radius 1 is 1.08 bits per heavy atom. The molecule has 0 amide bonds. The summed E-state index contributed by atoms with van der Waals surface area (Å²) < 4.78 is 0. The fourth-order valence-corrected chi connectivity index (χ4v) is 1.91. The Hall–Kier alpha value is 0. The standard InChI is InChI=1S/C8H16.2C2H6/c1-4-8(3)5-7(2)6-8;2*1-2/h7H,4-6H2,1-3H3;2*1-2H3. The van der Waals surface area contributed by atoms with Gasteiger partial charge >= 0.3 is 0 Å². The van der Waals surface area contributed by atoms with Gasteiger partial charge < -0.3 is 0 Å². The van der Waals surface area contributed by atoms with Crippen LogP contribution in [-0.4, -0.2) is 0 Å². The third-order valence-corrected chi connectivity index (χ3v) is 2.54. The van der Waals surface area contributed by atoms with Gasteiger partial charge in [-0.25, -0.2) is 0 Å². The monoisotopic (exact) mass is 172 g/mol. The Morgan fingerprint density at radius 3 is 1.50 bits per heavy atom. The van der Waals surface area contributed by atoms with E-state index in [1.54, 1.807) is 0 Å². The van der Waals surface area contributed by atoms with Crippen molar-refractivity contribution >= 4 is 0 Å². The zero-order valence-corrected chi connectivity index (χ0v) is 10.2. The quantitative estimate of drug-likeness (QED) is 0.528. The molecule has 76 valence electrons. The molecule has 1 aliphatic rings. The van der Waals surface area contributed by atoms with Gasteiger partial charge in [0.05, 0.1) is 0 Å². The molecule has 0 aromatic carbocycles. The zero-order chi connectivity index (χ0) is 10.2. The van der Waals surface area contributed by atoms with Gasteiger partial charge in [0.15, 0.2) is 0 Å². The van der Waals surface area contributed by atoms with Crippen molar-refractivity contribution in [2.24, 2.45) is 11.3 Å². The van der Waals surface area contributed by atoms with E-state index in [-0.39, 0.29) is 0 Å². The highest BCUT2D eigenvalue weighted by Gasteiger charge is 2.35. The van der Waals surface area contributed by atoms with Crippen LogP contribution in [0.25, 0.3) is 0 Å². The molecule has 0 heteroatoms. The molecule has 1 fully saturated rings. The second kappa shape index (κ2) is 7.64. The number of rotatable bonds is 1. The Morgan fingerprint density at radius 2 is 1.42 bits per heavy atom. The second-order valence-electron chi connectivity index (χ2n) is 3.68. The van der Waals surface area contributed by atoms with Crippen LogP contribution in [0, 0.1) is 11.3 Å². The molecule has 0 unspecified atom stereocenters. The third kappa shape index (κ3) is 4.79. The number of hydrogen-bond acceptors (Lipinski definition) is 0. The van der Waals surface area contributed by atoms with E-state index in [1.165, 1.54) is 19.3 Å². The average molecular weight is 172 g/mol. The van der Waals surface area contributed by atoms with E-state index in [0.29, 0.717) is 0 Å². The summed E-state index contributed by atoms with van der Waals surface area (Å²) in [6.07, 6.45) is 4.30. The Bertz CT molecular complexity index is 78.0. The predicted molar refractivity (Wildman–Crippen MR) is 59.5 cm³/mol. The largest absolute Gasteiger partial charge is 0.0683 e. The van der Waals surface area contributed by atoms with Crippen molar-refractivity contribution in [1.82, 2.24) is 0 Å². The molecule has 0 spiro atoms. The van der Waals surface area contributed by atoms with Gasteiger partial charge in [-0.2, -0.15) is 0 Å². The van der Waals surface area contributed by atoms with Crippen LogP contribution in [0.4, 0.5) is 0 Å². The summed E-state index contributed by atoms with van der Waals surface area (Å²) in [6, 6.07) is 0. The molecular formula is C12H28. The minimum absolute atomic E-state index is 0.736. The van der Waals surface area contributed by atoms with Crippen LogP contribution < -0.4 is 0 Å². The summed E-state index contributed by atoms with van der Waals surface area (Å²) in [4.78, 5) is 0. The molecule has 1 aliphatic carbocycles. The minimum Gasteiger partial charge on any atom is -0.0683 e. The van der Waals surface area contributed by atoms with Gasteiger partial charge in [0, 0.05) is 0 Å². The van der Waals surface area contributed by atoms with Crippen molar-refractivity contribution in [3.8, 4) is 0 Å². The molecule has 0 atom stereocenters. The Kier molecular flexibility index (Phi) is 9.24. The molecule has 1 rings (SSSR count). The first-order valence-corrected chi connectivity index (χ1v) is 5.66. The first kappa shape index (κ1) is 14.5. The molecule has 0 aliphatic heterocycles. The molecule has 0 aromatic rings. The van der Waals surface area contributed by atoms with Gasteiger partial charge in [0.2, 0.25) is 0 Å². The van der Waals surface area contributed by atoms with Crippen LogP contribution in [0.3, 0.4) is 0 Å².